The van der Waals surface area contributed by atoms with Crippen molar-refractivity contribution in [1.82, 2.24) is 5.32 Å². The standard InChI is InChI=1S/C26H45NO20/c1-6-12(32)15(35)18(38)25(41-6)46-21-11(27-7(2)31)24(47-22-17(37)14(34)8(3-28)42-23(22)40)44-10(5-30)20(21)45-26-19(39)16(36)13(33)9(4-29)43-26/h6,8-26,28-30,32-40H,3-5H2,1-2H3,(H,27,31)/t6-,8+,9+,10+,11+,12+,13-,14+,15+,16-,17-,18-,19+,20+,21+,22-,23?,24?,25?,26?/m0/s1. The molecule has 0 aromatic heterocycles. The van der Waals surface area contributed by atoms with E-state index in [0.717, 1.165) is 6.92 Å². The number of hydrogen-bond acceptors (Lipinski definition) is 20. The molecule has 4 heterocycles. The van der Waals surface area contributed by atoms with Gasteiger partial charge in [0.15, 0.2) is 25.2 Å². The van der Waals surface area contributed by atoms with Crippen LogP contribution in [0.1, 0.15) is 13.8 Å². The molecule has 4 fully saturated rings. The number of aliphatic hydroxyl groups excluding tert-OH is 12. The first-order chi connectivity index (χ1) is 22.1. The Hall–Kier alpha value is -1.29. The molecule has 20 atom stereocenters. The number of carbonyl (C=O) groups excluding carboxylic acids is 1. The predicted molar refractivity (Wildman–Crippen MR) is 144 cm³/mol. The smallest absolute Gasteiger partial charge is 0.217 e. The highest BCUT2D eigenvalue weighted by Gasteiger charge is 2.56. The van der Waals surface area contributed by atoms with Gasteiger partial charge in [-0.1, -0.05) is 0 Å². The van der Waals surface area contributed by atoms with Crippen molar-refractivity contribution in [3.8, 4) is 0 Å². The summed E-state index contributed by atoms with van der Waals surface area (Å²) in [5, 5.41) is 126. The SMILES string of the molecule is CC(=O)N[C@H]1C(O[C@@H]2C(O)O[C@H](CO)[C@@H](O)[C@@H]2O)O[C@H](CO)[C@@H](OC2O[C@H](CO)[C@H](O)[C@H](O)[C@H]2O)[C@@H]1OC1O[C@@H](C)[C@@H](O)[C@@H](O)[C@@H]1O. The molecule has 4 aliphatic rings. The van der Waals surface area contributed by atoms with Gasteiger partial charge in [0.1, 0.15) is 91.5 Å². The second-order valence-corrected chi connectivity index (χ2v) is 11.9. The Morgan fingerprint density at radius 3 is 1.60 bits per heavy atom. The third kappa shape index (κ3) is 8.04. The average molecular weight is 692 g/mol. The van der Waals surface area contributed by atoms with Crippen molar-refractivity contribution in [3.05, 3.63) is 0 Å². The predicted octanol–water partition coefficient (Wildman–Crippen LogP) is -8.58. The van der Waals surface area contributed by atoms with E-state index in [1.165, 1.54) is 6.92 Å². The molecule has 0 aromatic carbocycles. The highest BCUT2D eigenvalue weighted by Crippen LogP contribution is 2.35. The van der Waals surface area contributed by atoms with Crippen molar-refractivity contribution in [2.75, 3.05) is 19.8 Å². The van der Waals surface area contributed by atoms with Gasteiger partial charge >= 0.3 is 0 Å². The van der Waals surface area contributed by atoms with Gasteiger partial charge in [0.25, 0.3) is 0 Å². The second kappa shape index (κ2) is 16.2. The minimum Gasteiger partial charge on any atom is -0.394 e. The molecular weight excluding hydrogens is 646 g/mol. The van der Waals surface area contributed by atoms with E-state index in [1.807, 2.05) is 0 Å². The Kier molecular flexibility index (Phi) is 13.2. The fourth-order valence-electron chi connectivity index (χ4n) is 5.87. The average Bonchev–Trinajstić information content (AvgIpc) is 3.04. The van der Waals surface area contributed by atoms with Gasteiger partial charge in [-0.15, -0.1) is 0 Å². The maximum atomic E-state index is 12.5. The maximum absolute atomic E-state index is 12.5. The zero-order chi connectivity index (χ0) is 34.9. The molecule has 0 saturated carbocycles. The molecule has 0 bridgehead atoms. The molecular formula is C26H45NO20. The maximum Gasteiger partial charge on any atom is 0.217 e. The monoisotopic (exact) mass is 691 g/mol. The quantitative estimate of drug-likeness (QED) is 0.101. The van der Waals surface area contributed by atoms with Crippen LogP contribution in [0.4, 0.5) is 0 Å². The Morgan fingerprint density at radius 1 is 0.553 bits per heavy atom. The van der Waals surface area contributed by atoms with Gasteiger partial charge in [0, 0.05) is 6.92 Å². The number of ether oxygens (including phenoxy) is 7. The molecule has 0 spiro atoms. The van der Waals surface area contributed by atoms with Gasteiger partial charge in [-0.3, -0.25) is 4.79 Å². The highest BCUT2D eigenvalue weighted by atomic mass is 16.8. The number of nitrogens with one attached hydrogen (secondary N) is 1. The Morgan fingerprint density at radius 2 is 1.02 bits per heavy atom. The summed E-state index contributed by atoms with van der Waals surface area (Å²) in [6, 6.07) is -1.60. The first-order valence-electron chi connectivity index (χ1n) is 15.0. The molecule has 47 heavy (non-hydrogen) atoms. The van der Waals surface area contributed by atoms with Gasteiger partial charge in [0.05, 0.1) is 25.9 Å². The number of amides is 1. The highest BCUT2D eigenvalue weighted by molar-refractivity contribution is 5.73. The minimum absolute atomic E-state index is 0.759. The zero-order valence-electron chi connectivity index (χ0n) is 25.3. The second-order valence-electron chi connectivity index (χ2n) is 11.9. The molecule has 274 valence electrons. The lowest BCUT2D eigenvalue weighted by atomic mass is 9.94. The Balaban J connectivity index is 1.71. The van der Waals surface area contributed by atoms with E-state index < -0.39 is 148 Å². The molecule has 21 heteroatoms. The van der Waals surface area contributed by atoms with E-state index in [4.69, 9.17) is 33.2 Å². The molecule has 0 aliphatic carbocycles. The summed E-state index contributed by atoms with van der Waals surface area (Å²) >= 11 is 0. The van der Waals surface area contributed by atoms with Gasteiger partial charge in [0.2, 0.25) is 5.91 Å². The van der Waals surface area contributed by atoms with Crippen LogP contribution in [-0.2, 0) is 38.0 Å². The van der Waals surface area contributed by atoms with E-state index in [1.54, 1.807) is 0 Å². The van der Waals surface area contributed by atoms with Crippen LogP contribution < -0.4 is 5.32 Å². The van der Waals surface area contributed by atoms with Crippen molar-refractivity contribution < 1.29 is 99.2 Å². The summed E-state index contributed by atoms with van der Waals surface area (Å²) in [6.07, 6.45) is -32.6. The van der Waals surface area contributed by atoms with E-state index in [-0.39, 0.29) is 0 Å². The molecule has 1 amide bonds. The Labute approximate surface area is 267 Å². The van der Waals surface area contributed by atoms with Crippen LogP contribution in [-0.4, -0.2) is 210 Å². The largest absolute Gasteiger partial charge is 0.394 e. The van der Waals surface area contributed by atoms with Crippen LogP contribution in [0.5, 0.6) is 0 Å². The van der Waals surface area contributed by atoms with Crippen LogP contribution in [0.15, 0.2) is 0 Å². The van der Waals surface area contributed by atoms with Gasteiger partial charge < -0.3 is 99.8 Å². The molecule has 0 aromatic rings. The number of aliphatic hydroxyl groups is 12. The topological polar surface area (TPSA) is 336 Å². The summed E-state index contributed by atoms with van der Waals surface area (Å²) in [5.74, 6) is -0.759. The van der Waals surface area contributed by atoms with E-state index in [2.05, 4.69) is 5.32 Å². The summed E-state index contributed by atoms with van der Waals surface area (Å²) < 4.78 is 39.6. The summed E-state index contributed by atoms with van der Waals surface area (Å²) in [7, 11) is 0. The molecule has 21 nitrogen and oxygen atoms in total. The lowest BCUT2D eigenvalue weighted by molar-refractivity contribution is -0.387. The number of hydrogen-bond donors (Lipinski definition) is 13. The number of carbonyl (C=O) groups is 1. The third-order valence-electron chi connectivity index (χ3n) is 8.57. The molecule has 4 rings (SSSR count). The van der Waals surface area contributed by atoms with Crippen LogP contribution in [0, 0.1) is 0 Å². The summed E-state index contributed by atoms with van der Waals surface area (Å²) in [5.41, 5.74) is 0. The van der Waals surface area contributed by atoms with Crippen LogP contribution in [0.25, 0.3) is 0 Å². The van der Waals surface area contributed by atoms with Gasteiger partial charge in [-0.25, -0.2) is 0 Å². The van der Waals surface area contributed by atoms with Crippen LogP contribution >= 0.6 is 0 Å². The molecule has 4 saturated heterocycles. The Bertz CT molecular complexity index is 1010. The minimum atomic E-state index is -1.97. The third-order valence-corrected chi connectivity index (χ3v) is 8.57. The fraction of sp³-hybridized carbons (Fsp3) is 0.962. The van der Waals surface area contributed by atoms with Crippen molar-refractivity contribution >= 4 is 5.91 Å². The van der Waals surface area contributed by atoms with Crippen molar-refractivity contribution in [1.29, 1.82) is 0 Å². The zero-order valence-corrected chi connectivity index (χ0v) is 25.3. The van der Waals surface area contributed by atoms with Gasteiger partial charge in [-0.05, 0) is 6.92 Å². The first-order valence-corrected chi connectivity index (χ1v) is 15.0. The van der Waals surface area contributed by atoms with Crippen LogP contribution in [0.2, 0.25) is 0 Å². The lowest BCUT2D eigenvalue weighted by Gasteiger charge is -2.51. The lowest BCUT2D eigenvalue weighted by Crippen LogP contribution is -2.71. The molecule has 4 unspecified atom stereocenters. The summed E-state index contributed by atoms with van der Waals surface area (Å²) in [4.78, 5) is 12.5. The van der Waals surface area contributed by atoms with E-state index >= 15 is 0 Å². The van der Waals surface area contributed by atoms with Crippen molar-refractivity contribution in [3.63, 3.8) is 0 Å². The molecule has 4 aliphatic heterocycles. The van der Waals surface area contributed by atoms with Crippen molar-refractivity contribution in [2.24, 2.45) is 0 Å². The number of rotatable bonds is 10. The van der Waals surface area contributed by atoms with Gasteiger partial charge in [-0.2, -0.15) is 0 Å². The fourth-order valence-corrected chi connectivity index (χ4v) is 5.87. The van der Waals surface area contributed by atoms with Crippen LogP contribution in [0.3, 0.4) is 0 Å². The van der Waals surface area contributed by atoms with Crippen molar-refractivity contribution in [2.45, 2.75) is 137 Å². The molecule has 13 N–H and O–H groups in total. The van der Waals surface area contributed by atoms with E-state index in [9.17, 15) is 66.1 Å². The summed E-state index contributed by atoms with van der Waals surface area (Å²) in [6.45, 7) is -0.110. The first kappa shape index (κ1) is 38.5. The normalized spacial score (nSPS) is 51.0. The molecule has 0 radical (unpaired) electrons. The van der Waals surface area contributed by atoms with E-state index in [0.29, 0.717) is 0 Å².